The van der Waals surface area contributed by atoms with Gasteiger partial charge in [-0.25, -0.2) is 15.0 Å². The predicted molar refractivity (Wildman–Crippen MR) is 131 cm³/mol. The first-order chi connectivity index (χ1) is 17.3. The monoisotopic (exact) mass is 489 g/mol. The van der Waals surface area contributed by atoms with Crippen LogP contribution in [0, 0.1) is 0 Å². The van der Waals surface area contributed by atoms with Crippen molar-refractivity contribution in [2.75, 3.05) is 5.32 Å². The van der Waals surface area contributed by atoms with Gasteiger partial charge in [0.1, 0.15) is 5.65 Å². The molecule has 0 aliphatic heterocycles. The van der Waals surface area contributed by atoms with E-state index in [0.29, 0.717) is 34.2 Å². The van der Waals surface area contributed by atoms with Crippen LogP contribution in [0.25, 0.3) is 28.3 Å². The lowest BCUT2D eigenvalue weighted by molar-refractivity contribution is -0.137. The van der Waals surface area contributed by atoms with Crippen molar-refractivity contribution in [1.82, 2.24) is 19.4 Å². The fourth-order valence-electron chi connectivity index (χ4n) is 4.12. The van der Waals surface area contributed by atoms with Gasteiger partial charge in [-0.05, 0) is 36.8 Å². The molecule has 182 valence electrons. The highest BCUT2D eigenvalue weighted by Gasteiger charge is 2.31. The van der Waals surface area contributed by atoms with Crippen molar-refractivity contribution < 1.29 is 18.3 Å². The highest BCUT2D eigenvalue weighted by molar-refractivity contribution is 5.81. The molecule has 3 aromatic heterocycles. The van der Waals surface area contributed by atoms with Crippen LogP contribution in [-0.2, 0) is 12.8 Å². The first-order valence-corrected chi connectivity index (χ1v) is 11.3. The van der Waals surface area contributed by atoms with Crippen LogP contribution in [0.4, 0.5) is 19.1 Å². The average Bonchev–Trinajstić information content (AvgIpc) is 3.29. The number of aliphatic hydroxyl groups is 1. The summed E-state index contributed by atoms with van der Waals surface area (Å²) in [6, 6.07) is 19.9. The minimum absolute atomic E-state index is 0.0763. The van der Waals surface area contributed by atoms with Crippen LogP contribution in [0.2, 0.25) is 0 Å². The number of alkyl halides is 3. The van der Waals surface area contributed by atoms with E-state index in [4.69, 9.17) is 0 Å². The molecule has 0 spiro atoms. The van der Waals surface area contributed by atoms with Gasteiger partial charge in [0.25, 0.3) is 0 Å². The maximum atomic E-state index is 13.5. The maximum absolute atomic E-state index is 13.5. The molecule has 2 N–H and O–H groups in total. The van der Waals surface area contributed by atoms with E-state index in [1.54, 1.807) is 41.1 Å². The molecular formula is C27H22F3N5O. The summed E-state index contributed by atoms with van der Waals surface area (Å²) >= 11 is 0. The van der Waals surface area contributed by atoms with Gasteiger partial charge >= 0.3 is 6.18 Å². The number of nitrogens with one attached hydrogen (secondary N) is 1. The second kappa shape index (κ2) is 9.43. The zero-order valence-corrected chi connectivity index (χ0v) is 19.2. The number of pyridine rings is 1. The number of nitrogens with zero attached hydrogens (tertiary/aromatic N) is 4. The van der Waals surface area contributed by atoms with Crippen LogP contribution >= 0.6 is 0 Å². The van der Waals surface area contributed by atoms with Crippen molar-refractivity contribution in [3.05, 3.63) is 102 Å². The Morgan fingerprint density at radius 2 is 1.78 bits per heavy atom. The largest absolute Gasteiger partial charge is 0.416 e. The van der Waals surface area contributed by atoms with E-state index in [1.165, 1.54) is 6.07 Å². The van der Waals surface area contributed by atoms with Crippen molar-refractivity contribution in [1.29, 1.82) is 0 Å². The first-order valence-electron chi connectivity index (χ1n) is 11.3. The van der Waals surface area contributed by atoms with E-state index in [2.05, 4.69) is 20.3 Å². The fourth-order valence-corrected chi connectivity index (χ4v) is 4.12. The Labute approximate surface area is 205 Å². The Hall–Kier alpha value is -4.24. The molecule has 0 fully saturated rings. The van der Waals surface area contributed by atoms with Crippen LogP contribution < -0.4 is 5.32 Å². The molecule has 3 heterocycles. The summed E-state index contributed by atoms with van der Waals surface area (Å²) in [6.07, 6.45) is -1.16. The SMILES string of the molecule is C[C@H](Nc1nccc(-c2c(-c3cccc(C(F)(F)F)c3)nc3c(CO)cccn23)n1)c1ccccc1. The number of rotatable bonds is 6. The Balaban J connectivity index is 1.65. The number of aromatic nitrogens is 4. The Bertz CT molecular complexity index is 1520. The minimum Gasteiger partial charge on any atom is -0.392 e. The standard InChI is InChI=1S/C27H22F3N5O/c1-17(18-7-3-2-4-8-18)32-26-31-13-12-22(33-26)24-23(19-9-5-11-21(15-19)27(28,29)30)34-25-20(16-36)10-6-14-35(24)25/h2-15,17,36H,16H2,1H3,(H,31,32,33)/t17-/m0/s1. The number of hydrogen-bond acceptors (Lipinski definition) is 5. The summed E-state index contributed by atoms with van der Waals surface area (Å²) in [5.74, 6) is 0.368. The Morgan fingerprint density at radius 3 is 2.53 bits per heavy atom. The molecule has 6 nitrogen and oxygen atoms in total. The molecule has 0 bridgehead atoms. The average molecular weight is 490 g/mol. The van der Waals surface area contributed by atoms with Gasteiger partial charge < -0.3 is 10.4 Å². The zero-order valence-electron chi connectivity index (χ0n) is 19.2. The lowest BCUT2D eigenvalue weighted by Crippen LogP contribution is -2.09. The molecule has 0 saturated carbocycles. The van der Waals surface area contributed by atoms with Gasteiger partial charge in [0.2, 0.25) is 5.95 Å². The van der Waals surface area contributed by atoms with Crippen molar-refractivity contribution >= 4 is 11.6 Å². The topological polar surface area (TPSA) is 75.3 Å². The highest BCUT2D eigenvalue weighted by atomic mass is 19.4. The second-order valence-corrected chi connectivity index (χ2v) is 8.31. The van der Waals surface area contributed by atoms with Crippen LogP contribution in [0.1, 0.15) is 29.7 Å². The third-order valence-electron chi connectivity index (χ3n) is 5.91. The zero-order chi connectivity index (χ0) is 25.3. The van der Waals surface area contributed by atoms with Crippen molar-refractivity contribution in [2.45, 2.75) is 25.7 Å². The number of anilines is 1. The molecular weight excluding hydrogens is 467 g/mol. The molecule has 5 aromatic rings. The van der Waals surface area contributed by atoms with Gasteiger partial charge in [-0.2, -0.15) is 13.2 Å². The van der Waals surface area contributed by atoms with Crippen LogP contribution in [-0.4, -0.2) is 24.5 Å². The Morgan fingerprint density at radius 1 is 0.972 bits per heavy atom. The number of imidazole rings is 1. The van der Waals surface area contributed by atoms with E-state index in [9.17, 15) is 18.3 Å². The molecule has 0 aliphatic rings. The summed E-state index contributed by atoms with van der Waals surface area (Å²) in [6.45, 7) is 1.72. The third kappa shape index (κ3) is 4.52. The van der Waals surface area contributed by atoms with Gasteiger partial charge in [-0.15, -0.1) is 0 Å². The van der Waals surface area contributed by atoms with Crippen LogP contribution in [0.3, 0.4) is 0 Å². The number of fused-ring (bicyclic) bond motifs is 1. The van der Waals surface area contributed by atoms with Crippen LogP contribution in [0.15, 0.2) is 85.2 Å². The fraction of sp³-hybridized carbons (Fsp3) is 0.148. The molecule has 9 heteroatoms. The van der Waals surface area contributed by atoms with Gasteiger partial charge in [-0.1, -0.05) is 48.5 Å². The van der Waals surface area contributed by atoms with Crippen molar-refractivity contribution in [2.24, 2.45) is 0 Å². The Kier molecular flexibility index (Phi) is 6.15. The van der Waals surface area contributed by atoms with E-state index < -0.39 is 11.7 Å². The number of aliphatic hydroxyl groups excluding tert-OH is 1. The summed E-state index contributed by atoms with van der Waals surface area (Å²) in [5, 5.41) is 13.1. The molecule has 0 radical (unpaired) electrons. The summed E-state index contributed by atoms with van der Waals surface area (Å²) in [4.78, 5) is 13.7. The molecule has 1 atom stereocenters. The van der Waals surface area contributed by atoms with E-state index >= 15 is 0 Å². The molecule has 0 unspecified atom stereocenters. The predicted octanol–water partition coefficient (Wildman–Crippen LogP) is 6.14. The summed E-state index contributed by atoms with van der Waals surface area (Å²) in [5.41, 5.74) is 2.85. The molecule has 2 aromatic carbocycles. The quantitative estimate of drug-likeness (QED) is 0.300. The lowest BCUT2D eigenvalue weighted by Gasteiger charge is -2.15. The van der Waals surface area contributed by atoms with Crippen molar-refractivity contribution in [3.8, 4) is 22.6 Å². The van der Waals surface area contributed by atoms with Crippen molar-refractivity contribution in [3.63, 3.8) is 0 Å². The van der Waals surface area contributed by atoms with E-state index in [0.717, 1.165) is 17.7 Å². The lowest BCUT2D eigenvalue weighted by atomic mass is 10.0. The van der Waals surface area contributed by atoms with E-state index in [1.807, 2.05) is 37.3 Å². The van der Waals surface area contributed by atoms with Gasteiger partial charge in [-0.3, -0.25) is 4.40 Å². The maximum Gasteiger partial charge on any atom is 0.416 e. The highest BCUT2D eigenvalue weighted by Crippen LogP contribution is 2.36. The summed E-state index contributed by atoms with van der Waals surface area (Å²) in [7, 11) is 0. The summed E-state index contributed by atoms with van der Waals surface area (Å²) < 4.78 is 42.1. The van der Waals surface area contributed by atoms with Gasteiger partial charge in [0.15, 0.2) is 0 Å². The molecule has 0 saturated heterocycles. The normalized spacial score (nSPS) is 12.6. The molecule has 0 amide bonds. The second-order valence-electron chi connectivity index (χ2n) is 8.31. The van der Waals surface area contributed by atoms with Gasteiger partial charge in [0, 0.05) is 23.5 Å². The van der Waals surface area contributed by atoms with Gasteiger partial charge in [0.05, 0.1) is 35.3 Å². The smallest absolute Gasteiger partial charge is 0.392 e. The molecule has 36 heavy (non-hydrogen) atoms. The molecule has 5 rings (SSSR count). The number of halogens is 3. The third-order valence-corrected chi connectivity index (χ3v) is 5.91. The number of hydrogen-bond donors (Lipinski definition) is 2. The minimum atomic E-state index is -4.49. The first kappa shape index (κ1) is 23.5. The van der Waals surface area contributed by atoms with Crippen LogP contribution in [0.5, 0.6) is 0 Å². The van der Waals surface area contributed by atoms with E-state index in [-0.39, 0.29) is 18.2 Å². The molecule has 0 aliphatic carbocycles. The number of benzene rings is 2.